The van der Waals surface area contributed by atoms with Gasteiger partial charge in [-0.25, -0.2) is 4.79 Å². The second-order valence-electron chi connectivity index (χ2n) is 5.66. The molecule has 5 nitrogen and oxygen atoms in total. The summed E-state index contributed by atoms with van der Waals surface area (Å²) in [5.74, 6) is -1.24. The molecule has 0 heterocycles. The van der Waals surface area contributed by atoms with Gasteiger partial charge in [-0.3, -0.25) is 4.79 Å². The van der Waals surface area contributed by atoms with Gasteiger partial charge in [-0.1, -0.05) is 54.6 Å². The van der Waals surface area contributed by atoms with Crippen LogP contribution < -0.4 is 4.74 Å². The second kappa shape index (κ2) is 7.53. The van der Waals surface area contributed by atoms with Crippen LogP contribution in [0.3, 0.4) is 0 Å². The molecular formula is C21H16O5. The predicted molar refractivity (Wildman–Crippen MR) is 95.7 cm³/mol. The molecule has 0 aliphatic heterocycles. The molecule has 0 saturated heterocycles. The van der Waals surface area contributed by atoms with Crippen LogP contribution in [0.4, 0.5) is 0 Å². The molecule has 0 unspecified atom stereocenters. The SMILES string of the molecule is O=C(c1ccccc1)c1ccc(COc2ccc(C(=O)O)c(O)c2)cc1. The van der Waals surface area contributed by atoms with E-state index in [1.165, 1.54) is 18.2 Å². The Morgan fingerprint density at radius 1 is 0.846 bits per heavy atom. The quantitative estimate of drug-likeness (QED) is 0.660. The van der Waals surface area contributed by atoms with Crippen LogP contribution in [-0.4, -0.2) is 22.0 Å². The van der Waals surface area contributed by atoms with E-state index in [4.69, 9.17) is 9.84 Å². The third-order valence-electron chi connectivity index (χ3n) is 3.86. The van der Waals surface area contributed by atoms with Crippen molar-refractivity contribution in [3.05, 3.63) is 95.1 Å². The van der Waals surface area contributed by atoms with Crippen molar-refractivity contribution in [3.63, 3.8) is 0 Å². The summed E-state index contributed by atoms with van der Waals surface area (Å²) < 4.78 is 5.55. The highest BCUT2D eigenvalue weighted by atomic mass is 16.5. The van der Waals surface area contributed by atoms with Crippen molar-refractivity contribution in [1.29, 1.82) is 0 Å². The summed E-state index contributed by atoms with van der Waals surface area (Å²) in [6.45, 7) is 0.228. The molecule has 3 aromatic carbocycles. The van der Waals surface area contributed by atoms with Gasteiger partial charge in [-0.2, -0.15) is 0 Å². The number of ketones is 1. The Labute approximate surface area is 150 Å². The summed E-state index contributed by atoms with van der Waals surface area (Å²) in [5, 5.41) is 18.6. The largest absolute Gasteiger partial charge is 0.507 e. The number of carbonyl (C=O) groups is 2. The summed E-state index contributed by atoms with van der Waals surface area (Å²) in [7, 11) is 0. The van der Waals surface area contributed by atoms with Crippen molar-refractivity contribution in [3.8, 4) is 11.5 Å². The van der Waals surface area contributed by atoms with E-state index in [1.54, 1.807) is 36.4 Å². The zero-order valence-corrected chi connectivity index (χ0v) is 13.8. The van der Waals surface area contributed by atoms with Crippen molar-refractivity contribution >= 4 is 11.8 Å². The normalized spacial score (nSPS) is 10.3. The van der Waals surface area contributed by atoms with E-state index >= 15 is 0 Å². The van der Waals surface area contributed by atoms with Crippen molar-refractivity contribution in [2.45, 2.75) is 6.61 Å². The lowest BCUT2D eigenvalue weighted by Gasteiger charge is -2.08. The van der Waals surface area contributed by atoms with Crippen molar-refractivity contribution in [2.24, 2.45) is 0 Å². The lowest BCUT2D eigenvalue weighted by atomic mass is 10.0. The molecule has 130 valence electrons. The first-order valence-corrected chi connectivity index (χ1v) is 7.92. The molecule has 0 bridgehead atoms. The van der Waals surface area contributed by atoms with Crippen LogP contribution in [0.5, 0.6) is 11.5 Å². The summed E-state index contributed by atoms with van der Waals surface area (Å²) in [6, 6.07) is 20.1. The summed E-state index contributed by atoms with van der Waals surface area (Å²) >= 11 is 0. The van der Waals surface area contributed by atoms with E-state index in [0.717, 1.165) is 5.56 Å². The molecule has 0 atom stereocenters. The van der Waals surface area contributed by atoms with Gasteiger partial charge in [-0.05, 0) is 17.7 Å². The number of hydrogen-bond acceptors (Lipinski definition) is 4. The molecule has 0 aliphatic carbocycles. The standard InChI is InChI=1S/C21H16O5/c22-19-12-17(10-11-18(19)21(24)25)26-13-14-6-8-16(9-7-14)20(23)15-4-2-1-3-5-15/h1-12,22H,13H2,(H,24,25). The summed E-state index contributed by atoms with van der Waals surface area (Å²) in [6.07, 6.45) is 0. The van der Waals surface area contributed by atoms with Crippen LogP contribution in [-0.2, 0) is 6.61 Å². The third kappa shape index (κ3) is 3.89. The van der Waals surface area contributed by atoms with Gasteiger partial charge >= 0.3 is 5.97 Å². The Kier molecular flexibility index (Phi) is 4.99. The first kappa shape index (κ1) is 17.2. The van der Waals surface area contributed by atoms with Crippen LogP contribution in [0.2, 0.25) is 0 Å². The van der Waals surface area contributed by atoms with Gasteiger partial charge in [0.25, 0.3) is 0 Å². The fourth-order valence-electron chi connectivity index (χ4n) is 2.46. The van der Waals surface area contributed by atoms with Gasteiger partial charge in [0.05, 0.1) is 0 Å². The highest BCUT2D eigenvalue weighted by molar-refractivity contribution is 6.08. The van der Waals surface area contributed by atoms with Crippen LogP contribution in [0, 0.1) is 0 Å². The molecule has 0 aromatic heterocycles. The molecular weight excluding hydrogens is 332 g/mol. The maximum Gasteiger partial charge on any atom is 0.339 e. The molecule has 2 N–H and O–H groups in total. The minimum Gasteiger partial charge on any atom is -0.507 e. The molecule has 0 aliphatic rings. The smallest absolute Gasteiger partial charge is 0.339 e. The summed E-state index contributed by atoms with van der Waals surface area (Å²) in [5.41, 5.74) is 1.88. The van der Waals surface area contributed by atoms with E-state index < -0.39 is 5.97 Å². The lowest BCUT2D eigenvalue weighted by molar-refractivity contribution is 0.0693. The van der Waals surface area contributed by atoms with Crippen LogP contribution >= 0.6 is 0 Å². The maximum absolute atomic E-state index is 12.4. The molecule has 3 aromatic rings. The highest BCUT2D eigenvalue weighted by Gasteiger charge is 2.11. The number of benzene rings is 3. The number of carboxylic acids is 1. The molecule has 5 heteroatoms. The molecule has 0 radical (unpaired) electrons. The van der Waals surface area contributed by atoms with Gasteiger partial charge in [0.15, 0.2) is 5.78 Å². The fourth-order valence-corrected chi connectivity index (χ4v) is 2.46. The first-order chi connectivity index (χ1) is 12.5. The van der Waals surface area contributed by atoms with E-state index in [1.807, 2.05) is 18.2 Å². The average Bonchev–Trinajstić information content (AvgIpc) is 2.66. The zero-order chi connectivity index (χ0) is 18.5. The molecule has 0 fully saturated rings. The van der Waals surface area contributed by atoms with Crippen LogP contribution in [0.15, 0.2) is 72.8 Å². The molecule has 0 amide bonds. The topological polar surface area (TPSA) is 83.8 Å². The minimum atomic E-state index is -1.20. The van der Waals surface area contributed by atoms with Crippen molar-refractivity contribution in [2.75, 3.05) is 0 Å². The monoisotopic (exact) mass is 348 g/mol. The van der Waals surface area contributed by atoms with Gasteiger partial charge < -0.3 is 14.9 Å². The number of carboxylic acid groups (broad SMARTS) is 1. The number of rotatable bonds is 6. The Bertz CT molecular complexity index is 930. The van der Waals surface area contributed by atoms with Crippen molar-refractivity contribution < 1.29 is 24.5 Å². The van der Waals surface area contributed by atoms with Gasteiger partial charge in [0.2, 0.25) is 0 Å². The van der Waals surface area contributed by atoms with Crippen molar-refractivity contribution in [1.82, 2.24) is 0 Å². The second-order valence-corrected chi connectivity index (χ2v) is 5.66. The summed E-state index contributed by atoms with van der Waals surface area (Å²) in [4.78, 5) is 23.2. The number of ether oxygens (including phenoxy) is 1. The average molecular weight is 348 g/mol. The molecule has 3 rings (SSSR count). The van der Waals surface area contributed by atoms with E-state index in [9.17, 15) is 14.7 Å². The Morgan fingerprint density at radius 2 is 1.50 bits per heavy atom. The zero-order valence-electron chi connectivity index (χ0n) is 13.8. The van der Waals surface area contributed by atoms with Gasteiger partial charge in [0, 0.05) is 17.2 Å². The first-order valence-electron chi connectivity index (χ1n) is 7.92. The van der Waals surface area contributed by atoms with Crippen LogP contribution in [0.1, 0.15) is 31.8 Å². The molecule has 0 spiro atoms. The van der Waals surface area contributed by atoms with E-state index in [2.05, 4.69) is 0 Å². The number of phenols is 1. The Hall–Kier alpha value is -3.60. The molecule has 26 heavy (non-hydrogen) atoms. The Morgan fingerprint density at radius 3 is 2.12 bits per heavy atom. The number of hydrogen-bond donors (Lipinski definition) is 2. The maximum atomic E-state index is 12.4. The van der Waals surface area contributed by atoms with E-state index in [0.29, 0.717) is 16.9 Å². The highest BCUT2D eigenvalue weighted by Crippen LogP contribution is 2.24. The fraction of sp³-hybridized carbons (Fsp3) is 0.0476. The van der Waals surface area contributed by atoms with E-state index in [-0.39, 0.29) is 23.7 Å². The van der Waals surface area contributed by atoms with Gasteiger partial charge in [-0.15, -0.1) is 0 Å². The third-order valence-corrected chi connectivity index (χ3v) is 3.86. The number of aromatic carboxylic acids is 1. The number of aromatic hydroxyl groups is 1. The number of carbonyl (C=O) groups excluding carboxylic acids is 1. The Balaban J connectivity index is 1.66. The minimum absolute atomic E-state index is 0.0488. The van der Waals surface area contributed by atoms with Crippen LogP contribution in [0.25, 0.3) is 0 Å². The van der Waals surface area contributed by atoms with Gasteiger partial charge in [0.1, 0.15) is 23.7 Å². The predicted octanol–water partition coefficient (Wildman–Crippen LogP) is 3.90. The lowest BCUT2D eigenvalue weighted by Crippen LogP contribution is -2.02. The molecule has 0 saturated carbocycles.